The van der Waals surface area contributed by atoms with Crippen molar-refractivity contribution in [2.75, 3.05) is 5.32 Å². The standard InChI is InChI=1S/C25H27N3O5.2Na/c1-14-7-5-8-15(2)21(14)18-10-6-9-17(11-18)19(12-20(29)30)26-25(33)27-22-23(31)16(3)13-28(4)24(22)32;;/h5-11,13,19,31H,12H2,1-4H3,(H,29,30)(H2,26,27,33);;/q;2*+1/p-2/t19-;;/m0../s1. The minimum absolute atomic E-state index is 0. The SMILES string of the molecule is Cc1cn(C)c(=O)c(NC(=O)N[C@@H](CC(=O)[O-])c2cccc(-c3c(C)cccc3C)c2)c1[O-].[Na+].[Na+]. The average Bonchev–Trinajstić information content (AvgIpc) is 2.75. The monoisotopic (exact) mass is 493 g/mol. The Balaban J connectivity index is 0.00000306. The van der Waals surface area contributed by atoms with Crippen LogP contribution in [0.15, 0.2) is 53.5 Å². The zero-order valence-corrected chi connectivity index (χ0v) is 24.9. The first-order chi connectivity index (χ1) is 15.6. The number of nitrogens with zero attached hydrogens (tertiary/aromatic N) is 1. The Morgan fingerprint density at radius 3 is 2.20 bits per heavy atom. The van der Waals surface area contributed by atoms with Gasteiger partial charge in [-0.2, -0.15) is 0 Å². The number of hydrogen-bond donors (Lipinski definition) is 2. The average molecular weight is 493 g/mol. The normalized spacial score (nSPS) is 11.0. The number of aryl methyl sites for hydroxylation is 4. The van der Waals surface area contributed by atoms with E-state index in [1.165, 1.54) is 24.7 Å². The minimum Gasteiger partial charge on any atom is -0.871 e. The van der Waals surface area contributed by atoms with Crippen LogP contribution in [-0.2, 0) is 11.8 Å². The number of hydrogen-bond acceptors (Lipinski definition) is 5. The quantitative estimate of drug-likeness (QED) is 0.339. The van der Waals surface area contributed by atoms with E-state index in [0.717, 1.165) is 22.3 Å². The van der Waals surface area contributed by atoms with Crippen LogP contribution in [0.25, 0.3) is 11.1 Å². The van der Waals surface area contributed by atoms with Gasteiger partial charge in [0.25, 0.3) is 5.56 Å². The smallest absolute Gasteiger partial charge is 0.871 e. The number of pyridine rings is 1. The van der Waals surface area contributed by atoms with E-state index in [1.807, 2.05) is 44.2 Å². The van der Waals surface area contributed by atoms with Gasteiger partial charge in [-0.3, -0.25) is 4.79 Å². The fraction of sp³-hybridized carbons (Fsp3) is 0.240. The third-order valence-corrected chi connectivity index (χ3v) is 5.48. The fourth-order valence-corrected chi connectivity index (χ4v) is 3.90. The van der Waals surface area contributed by atoms with Gasteiger partial charge in [0.05, 0.1) is 6.04 Å². The van der Waals surface area contributed by atoms with Gasteiger partial charge in [-0.1, -0.05) is 42.1 Å². The van der Waals surface area contributed by atoms with Crippen LogP contribution < -0.4 is 85.5 Å². The number of benzene rings is 2. The van der Waals surface area contributed by atoms with Gasteiger partial charge in [0.2, 0.25) is 0 Å². The van der Waals surface area contributed by atoms with Crippen LogP contribution >= 0.6 is 0 Å². The summed E-state index contributed by atoms with van der Waals surface area (Å²) in [7, 11) is 1.47. The van der Waals surface area contributed by atoms with Crippen LogP contribution in [0.3, 0.4) is 0 Å². The summed E-state index contributed by atoms with van der Waals surface area (Å²) in [5, 5.41) is 28.6. The fourth-order valence-electron chi connectivity index (χ4n) is 3.90. The molecule has 0 fully saturated rings. The summed E-state index contributed by atoms with van der Waals surface area (Å²) in [6.45, 7) is 5.51. The Morgan fingerprint density at radius 1 is 1.00 bits per heavy atom. The van der Waals surface area contributed by atoms with Gasteiger partial charge < -0.3 is 30.2 Å². The topological polar surface area (TPSA) is 126 Å². The van der Waals surface area contributed by atoms with Crippen molar-refractivity contribution in [2.45, 2.75) is 33.2 Å². The first-order valence-corrected chi connectivity index (χ1v) is 10.4. The number of rotatable bonds is 6. The first-order valence-electron chi connectivity index (χ1n) is 10.4. The van der Waals surface area contributed by atoms with Gasteiger partial charge >= 0.3 is 65.1 Å². The Kier molecular flexibility index (Phi) is 11.8. The maximum absolute atomic E-state index is 12.6. The van der Waals surface area contributed by atoms with Gasteiger partial charge in [0.1, 0.15) is 5.69 Å². The van der Waals surface area contributed by atoms with E-state index in [2.05, 4.69) is 10.6 Å². The van der Waals surface area contributed by atoms with Gasteiger partial charge in [-0.05, 0) is 60.2 Å². The zero-order chi connectivity index (χ0) is 24.3. The van der Waals surface area contributed by atoms with Crippen LogP contribution in [-0.4, -0.2) is 16.6 Å². The van der Waals surface area contributed by atoms with E-state index >= 15 is 0 Å². The molecule has 35 heavy (non-hydrogen) atoms. The molecule has 2 N–H and O–H groups in total. The molecule has 3 aromatic rings. The van der Waals surface area contributed by atoms with Crippen LogP contribution in [0.4, 0.5) is 10.5 Å². The molecule has 0 saturated carbocycles. The largest absolute Gasteiger partial charge is 1.00 e. The van der Waals surface area contributed by atoms with Crippen molar-refractivity contribution in [3.63, 3.8) is 0 Å². The number of aliphatic carboxylic acids is 1. The van der Waals surface area contributed by atoms with E-state index in [0.29, 0.717) is 11.1 Å². The van der Waals surface area contributed by atoms with E-state index in [-0.39, 0.29) is 59.1 Å². The van der Waals surface area contributed by atoms with Gasteiger partial charge in [0.15, 0.2) is 0 Å². The number of nitrogens with one attached hydrogen (secondary N) is 2. The molecule has 0 radical (unpaired) electrons. The maximum Gasteiger partial charge on any atom is 1.00 e. The number of urea groups is 1. The van der Waals surface area contributed by atoms with E-state index in [4.69, 9.17) is 0 Å². The molecule has 1 aromatic heterocycles. The molecule has 1 atom stereocenters. The number of anilines is 1. The molecular weight excluding hydrogens is 468 g/mol. The zero-order valence-electron chi connectivity index (χ0n) is 20.9. The number of carboxylic acids is 1. The molecule has 0 aliphatic heterocycles. The Bertz CT molecular complexity index is 1270. The molecule has 3 rings (SSSR count). The van der Waals surface area contributed by atoms with Gasteiger partial charge in [0, 0.05) is 25.6 Å². The van der Waals surface area contributed by atoms with Gasteiger partial charge in [-0.15, -0.1) is 0 Å². The van der Waals surface area contributed by atoms with Gasteiger partial charge in [-0.25, -0.2) is 4.79 Å². The molecule has 0 aliphatic rings. The minimum atomic E-state index is -1.35. The van der Waals surface area contributed by atoms with Crippen molar-refractivity contribution >= 4 is 17.7 Å². The number of carboxylic acid groups (broad SMARTS) is 1. The second-order valence-electron chi connectivity index (χ2n) is 8.05. The second kappa shape index (κ2) is 13.3. The van der Waals surface area contributed by atoms with E-state index in [1.54, 1.807) is 12.1 Å². The Morgan fingerprint density at radius 2 is 1.60 bits per heavy atom. The predicted molar refractivity (Wildman–Crippen MR) is 122 cm³/mol. The summed E-state index contributed by atoms with van der Waals surface area (Å²) >= 11 is 0. The molecule has 2 aromatic carbocycles. The van der Waals surface area contributed by atoms with Crippen molar-refractivity contribution in [3.8, 4) is 16.9 Å². The molecular formula is C25H25N3Na2O5. The summed E-state index contributed by atoms with van der Waals surface area (Å²) in [5.74, 6) is -1.95. The first kappa shape index (κ1) is 31.0. The number of amides is 2. The van der Waals surface area contributed by atoms with Crippen LogP contribution in [0, 0.1) is 20.8 Å². The van der Waals surface area contributed by atoms with Crippen molar-refractivity contribution in [1.82, 2.24) is 9.88 Å². The molecule has 0 unspecified atom stereocenters. The van der Waals surface area contributed by atoms with Crippen molar-refractivity contribution in [2.24, 2.45) is 7.05 Å². The van der Waals surface area contributed by atoms with E-state index < -0.39 is 41.5 Å². The molecule has 172 valence electrons. The molecule has 0 saturated heterocycles. The Labute approximate surface area is 248 Å². The molecule has 0 spiro atoms. The number of carbonyl (C=O) groups is 2. The van der Waals surface area contributed by atoms with Crippen LogP contribution in [0.2, 0.25) is 0 Å². The molecule has 0 aliphatic carbocycles. The third-order valence-electron chi connectivity index (χ3n) is 5.48. The third kappa shape index (κ3) is 7.46. The molecule has 2 amide bonds. The molecule has 0 bridgehead atoms. The number of carbonyl (C=O) groups excluding carboxylic acids is 2. The summed E-state index contributed by atoms with van der Waals surface area (Å²) in [4.78, 5) is 36.3. The van der Waals surface area contributed by atoms with Crippen molar-refractivity contribution in [3.05, 3.63) is 81.3 Å². The summed E-state index contributed by atoms with van der Waals surface area (Å²) < 4.78 is 1.19. The predicted octanol–water partition coefficient (Wildman–Crippen LogP) is -3.94. The molecule has 1 heterocycles. The molecule has 8 nitrogen and oxygen atoms in total. The second-order valence-corrected chi connectivity index (χ2v) is 8.05. The van der Waals surface area contributed by atoms with Crippen LogP contribution in [0.1, 0.15) is 34.7 Å². The van der Waals surface area contributed by atoms with Crippen LogP contribution in [0.5, 0.6) is 5.75 Å². The number of aromatic nitrogens is 1. The summed E-state index contributed by atoms with van der Waals surface area (Å²) in [6.07, 6.45) is 0.894. The Hall–Kier alpha value is -2.07. The molecule has 10 heteroatoms. The van der Waals surface area contributed by atoms with Crippen molar-refractivity contribution < 1.29 is 78.9 Å². The van der Waals surface area contributed by atoms with E-state index in [9.17, 15) is 24.6 Å². The summed E-state index contributed by atoms with van der Waals surface area (Å²) in [6, 6.07) is 11.3. The van der Waals surface area contributed by atoms with Crippen molar-refractivity contribution in [1.29, 1.82) is 0 Å². The summed E-state index contributed by atoms with van der Waals surface area (Å²) in [5.41, 5.74) is 3.81. The maximum atomic E-state index is 12.6.